The van der Waals surface area contributed by atoms with Crippen molar-refractivity contribution in [2.75, 3.05) is 0 Å². The van der Waals surface area contributed by atoms with Gasteiger partial charge in [0.2, 0.25) is 5.52 Å². The summed E-state index contributed by atoms with van der Waals surface area (Å²) in [5.41, 5.74) is 9.90. The third kappa shape index (κ3) is 3.35. The minimum atomic E-state index is 0.131. The molecule has 1 aliphatic carbocycles. The highest BCUT2D eigenvalue weighted by Gasteiger charge is 2.29. The van der Waals surface area contributed by atoms with E-state index >= 15 is 0 Å². The molecule has 194 valence electrons. The van der Waals surface area contributed by atoms with Crippen molar-refractivity contribution in [2.24, 2.45) is 7.05 Å². The molecule has 2 nitrogen and oxygen atoms in total. The minimum Gasteiger partial charge on any atom is -0.307 e. The number of hydrogen-bond donors (Lipinski definition) is 0. The Kier molecular flexibility index (Phi) is 5.09. The molecule has 0 spiro atoms. The first-order chi connectivity index (χ1) is 18.8. The summed E-state index contributed by atoms with van der Waals surface area (Å²) in [6.07, 6.45) is 8.63. The summed E-state index contributed by atoms with van der Waals surface area (Å²) in [5, 5.41) is 9.65. The van der Waals surface area contributed by atoms with E-state index in [1.54, 1.807) is 0 Å². The van der Waals surface area contributed by atoms with Gasteiger partial charge in [-0.15, -0.1) is 0 Å². The van der Waals surface area contributed by atoms with Gasteiger partial charge < -0.3 is 4.40 Å². The molecule has 8 rings (SSSR count). The number of fused-ring (bicyclic) bond motifs is 7. The van der Waals surface area contributed by atoms with Crippen molar-refractivity contribution in [2.45, 2.75) is 62.2 Å². The molecule has 3 aromatic heterocycles. The Bertz CT molecular complexity index is 2100. The molecule has 0 radical (unpaired) electrons. The van der Waals surface area contributed by atoms with Crippen LogP contribution < -0.4 is 4.57 Å². The van der Waals surface area contributed by atoms with E-state index in [0.29, 0.717) is 5.92 Å². The zero-order chi connectivity index (χ0) is 26.6. The lowest BCUT2D eigenvalue weighted by atomic mass is 9.89. The fourth-order valence-electron chi connectivity index (χ4n) is 7.82. The number of nitrogens with zero attached hydrogens (tertiary/aromatic N) is 2. The van der Waals surface area contributed by atoms with Gasteiger partial charge in [-0.05, 0) is 71.0 Å². The predicted octanol–water partition coefficient (Wildman–Crippen LogP) is 9.69. The zero-order valence-corrected chi connectivity index (χ0v) is 25.4. The quantitative estimate of drug-likeness (QED) is 0.0611. The molecule has 3 heteroatoms. The van der Waals surface area contributed by atoms with Crippen LogP contribution in [0.15, 0.2) is 66.9 Å². The van der Waals surface area contributed by atoms with Gasteiger partial charge in [0.15, 0.2) is 6.20 Å². The molecule has 3 heterocycles. The van der Waals surface area contributed by atoms with Gasteiger partial charge in [-0.2, -0.15) is 0 Å². The molecule has 0 atom stereocenters. The van der Waals surface area contributed by atoms with Crippen LogP contribution in [-0.2, 0) is 13.5 Å². The first kappa shape index (κ1) is 23.9. The molecule has 1 aliphatic rings. The maximum atomic E-state index is 2.69. The normalized spacial score (nSPS) is 15.4. The number of aryl methyl sites for hydroxylation is 2. The third-order valence-corrected chi connectivity index (χ3v) is 9.87. The number of aromatic nitrogens is 2. The van der Waals surface area contributed by atoms with Crippen LogP contribution in [0, 0.1) is 6.92 Å². The van der Waals surface area contributed by atoms with Crippen LogP contribution >= 0.6 is 22.6 Å². The Hall–Kier alpha value is -2.92. The van der Waals surface area contributed by atoms with E-state index in [2.05, 4.69) is 126 Å². The molecule has 0 amide bonds. The van der Waals surface area contributed by atoms with Crippen molar-refractivity contribution in [3.63, 3.8) is 0 Å². The van der Waals surface area contributed by atoms with Crippen molar-refractivity contribution in [3.8, 4) is 0 Å². The van der Waals surface area contributed by atoms with Gasteiger partial charge in [0, 0.05) is 20.3 Å². The highest BCUT2D eigenvalue weighted by atomic mass is 127. The minimum absolute atomic E-state index is 0.131. The molecular formula is C36H34IN2+. The van der Waals surface area contributed by atoms with Crippen LogP contribution in [0.3, 0.4) is 0 Å². The third-order valence-electron chi connectivity index (χ3n) is 9.49. The molecule has 0 unspecified atom stereocenters. The lowest BCUT2D eigenvalue weighted by Gasteiger charge is -2.23. The number of benzene rings is 4. The molecule has 0 aliphatic heterocycles. The Morgan fingerprint density at radius 2 is 1.62 bits per heavy atom. The standard InChI is InChI=1S/C36H34IN2/c1-21-25-11-7-8-12-26(25)29(20-36(2,3)37)34-31(21)35-32-23(17-18-38(35)4)13-16-28-27-15-14-24(22-9-5-6-10-22)19-30(27)39(34)33(28)32/h7-8,11-19,22H,5-6,9-10,20H2,1-4H3/q+1. The summed E-state index contributed by atoms with van der Waals surface area (Å²) < 4.78 is 5.18. The van der Waals surface area contributed by atoms with Crippen LogP contribution in [-0.4, -0.2) is 7.82 Å². The molecular weight excluding hydrogens is 587 g/mol. The highest BCUT2D eigenvalue weighted by Crippen LogP contribution is 2.46. The van der Waals surface area contributed by atoms with Crippen LogP contribution in [0.2, 0.25) is 0 Å². The largest absolute Gasteiger partial charge is 0.307 e. The first-order valence-electron chi connectivity index (χ1n) is 14.4. The number of hydrogen-bond acceptors (Lipinski definition) is 0. The van der Waals surface area contributed by atoms with Gasteiger partial charge in [0.1, 0.15) is 7.05 Å². The molecule has 4 aromatic carbocycles. The van der Waals surface area contributed by atoms with Crippen LogP contribution in [0.1, 0.15) is 62.1 Å². The second-order valence-electron chi connectivity index (χ2n) is 12.6. The van der Waals surface area contributed by atoms with Gasteiger partial charge in [0.25, 0.3) is 0 Å². The zero-order valence-electron chi connectivity index (χ0n) is 23.2. The number of pyridine rings is 2. The Balaban J connectivity index is 1.71. The van der Waals surface area contributed by atoms with Crippen molar-refractivity contribution >= 4 is 82.4 Å². The van der Waals surface area contributed by atoms with Gasteiger partial charge in [0.05, 0.1) is 27.3 Å². The fraction of sp³-hybridized carbons (Fsp3) is 0.306. The van der Waals surface area contributed by atoms with Crippen molar-refractivity contribution in [3.05, 3.63) is 83.6 Å². The van der Waals surface area contributed by atoms with Gasteiger partial charge >= 0.3 is 0 Å². The van der Waals surface area contributed by atoms with Gasteiger partial charge in [-0.25, -0.2) is 4.57 Å². The van der Waals surface area contributed by atoms with E-state index in [4.69, 9.17) is 0 Å². The summed E-state index contributed by atoms with van der Waals surface area (Å²) >= 11 is 2.65. The summed E-state index contributed by atoms with van der Waals surface area (Å²) in [5.74, 6) is 0.694. The molecule has 0 bridgehead atoms. The van der Waals surface area contributed by atoms with Crippen molar-refractivity contribution in [1.29, 1.82) is 0 Å². The van der Waals surface area contributed by atoms with E-state index in [9.17, 15) is 0 Å². The van der Waals surface area contributed by atoms with Crippen molar-refractivity contribution < 1.29 is 4.57 Å². The Labute approximate surface area is 243 Å². The monoisotopic (exact) mass is 621 g/mol. The van der Waals surface area contributed by atoms with Crippen LogP contribution in [0.5, 0.6) is 0 Å². The molecule has 0 N–H and O–H groups in total. The van der Waals surface area contributed by atoms with E-state index < -0.39 is 0 Å². The van der Waals surface area contributed by atoms with Gasteiger partial charge in [-0.1, -0.05) is 97.8 Å². The number of rotatable bonds is 3. The maximum Gasteiger partial charge on any atom is 0.224 e. The Morgan fingerprint density at radius 1 is 0.872 bits per heavy atom. The molecule has 0 saturated heterocycles. The second-order valence-corrected chi connectivity index (χ2v) is 15.5. The van der Waals surface area contributed by atoms with E-state index in [1.807, 2.05) is 0 Å². The van der Waals surface area contributed by atoms with Crippen LogP contribution in [0.4, 0.5) is 0 Å². The average molecular weight is 622 g/mol. The molecule has 1 saturated carbocycles. The summed E-state index contributed by atoms with van der Waals surface area (Å²) in [6, 6.07) is 23.5. The summed E-state index contributed by atoms with van der Waals surface area (Å²) in [7, 11) is 2.23. The Morgan fingerprint density at radius 3 is 2.38 bits per heavy atom. The summed E-state index contributed by atoms with van der Waals surface area (Å²) in [4.78, 5) is 0. The fourth-order valence-corrected chi connectivity index (χ4v) is 8.20. The van der Waals surface area contributed by atoms with Gasteiger partial charge in [-0.3, -0.25) is 0 Å². The highest BCUT2D eigenvalue weighted by molar-refractivity contribution is 14.1. The molecule has 1 fully saturated rings. The van der Waals surface area contributed by atoms with E-state index in [1.165, 1.54) is 102 Å². The second kappa shape index (κ2) is 8.30. The first-order valence-corrected chi connectivity index (χ1v) is 15.5. The van der Waals surface area contributed by atoms with Crippen molar-refractivity contribution in [1.82, 2.24) is 4.40 Å². The maximum absolute atomic E-state index is 2.69. The molecule has 39 heavy (non-hydrogen) atoms. The predicted molar refractivity (Wildman–Crippen MR) is 175 cm³/mol. The lowest BCUT2D eigenvalue weighted by Crippen LogP contribution is -2.29. The smallest absolute Gasteiger partial charge is 0.224 e. The van der Waals surface area contributed by atoms with E-state index in [-0.39, 0.29) is 3.42 Å². The average Bonchev–Trinajstić information content (AvgIpc) is 3.57. The lowest BCUT2D eigenvalue weighted by molar-refractivity contribution is -0.643. The summed E-state index contributed by atoms with van der Waals surface area (Å²) in [6.45, 7) is 7.08. The SMILES string of the molecule is Cc1c2ccccc2c(CC(C)(C)I)c2c1c1c3c(ccc4c5ccc(C6CCCC6)cc5n2c43)cc[n+]1C. The van der Waals surface area contributed by atoms with Crippen LogP contribution in [0.25, 0.3) is 59.8 Å². The topological polar surface area (TPSA) is 8.29 Å². The van der Waals surface area contributed by atoms with E-state index in [0.717, 1.165) is 6.42 Å². The molecule has 7 aromatic rings. The number of halogens is 1. The number of alkyl halides is 1.